The van der Waals surface area contributed by atoms with Crippen molar-refractivity contribution in [2.45, 2.75) is 38.4 Å². The summed E-state index contributed by atoms with van der Waals surface area (Å²) in [7, 11) is 1.95. The zero-order valence-corrected chi connectivity index (χ0v) is 14.9. The molecule has 1 saturated heterocycles. The highest BCUT2D eigenvalue weighted by Gasteiger charge is 2.56. The highest BCUT2D eigenvalue weighted by atomic mass is 16.5. The fraction of sp³-hybridized carbons (Fsp3) is 0.550. The topological polar surface area (TPSA) is 54.7 Å². The number of fused-ring (bicyclic) bond motifs is 1. The minimum atomic E-state index is -0.293. The van der Waals surface area contributed by atoms with Gasteiger partial charge in [0.2, 0.25) is 0 Å². The number of rotatable bonds is 3. The van der Waals surface area contributed by atoms with E-state index in [0.717, 1.165) is 35.9 Å². The normalized spacial score (nSPS) is 25.3. The zero-order valence-electron chi connectivity index (χ0n) is 14.9. The average molecular weight is 342 g/mol. The van der Waals surface area contributed by atoms with Gasteiger partial charge in [-0.15, -0.1) is 0 Å². The molecule has 134 valence electrons. The number of aliphatic hydroxyl groups excluding tert-OH is 1. The molecule has 2 aliphatic rings. The molecule has 25 heavy (non-hydrogen) atoms. The van der Waals surface area contributed by atoms with Gasteiger partial charge in [0.15, 0.2) is 0 Å². The minimum Gasteiger partial charge on any atom is -0.392 e. The van der Waals surface area contributed by atoms with Crippen LogP contribution < -0.4 is 0 Å². The summed E-state index contributed by atoms with van der Waals surface area (Å²) in [6.07, 6.45) is 2.20. The van der Waals surface area contributed by atoms with Gasteiger partial charge in [-0.05, 0) is 31.9 Å². The number of ether oxygens (including phenoxy) is 1. The summed E-state index contributed by atoms with van der Waals surface area (Å²) in [6, 6.07) is 10.0. The minimum absolute atomic E-state index is 0.0790. The van der Waals surface area contributed by atoms with E-state index in [4.69, 9.17) is 4.74 Å². The number of amides is 1. The molecule has 4 rings (SSSR count). The van der Waals surface area contributed by atoms with E-state index >= 15 is 0 Å². The second kappa shape index (κ2) is 6.15. The van der Waals surface area contributed by atoms with Crippen molar-refractivity contribution in [3.05, 3.63) is 36.0 Å². The van der Waals surface area contributed by atoms with Gasteiger partial charge in [-0.25, -0.2) is 0 Å². The molecule has 1 aromatic heterocycles. The molecule has 0 radical (unpaired) electrons. The third-order valence-electron chi connectivity index (χ3n) is 6.26. The maximum atomic E-state index is 13.0. The van der Waals surface area contributed by atoms with Crippen LogP contribution in [0.4, 0.5) is 0 Å². The van der Waals surface area contributed by atoms with Crippen LogP contribution in [0, 0.1) is 5.41 Å². The number of nitrogens with zero attached hydrogens (tertiary/aromatic N) is 2. The van der Waals surface area contributed by atoms with Crippen LogP contribution in [0.25, 0.3) is 10.9 Å². The molecule has 2 atom stereocenters. The van der Waals surface area contributed by atoms with E-state index in [1.807, 2.05) is 53.8 Å². The van der Waals surface area contributed by atoms with Crippen LogP contribution in [0.5, 0.6) is 0 Å². The first-order valence-corrected chi connectivity index (χ1v) is 9.20. The van der Waals surface area contributed by atoms with Gasteiger partial charge in [0.25, 0.3) is 5.91 Å². The maximum Gasteiger partial charge on any atom is 0.270 e. The van der Waals surface area contributed by atoms with E-state index in [1.54, 1.807) is 0 Å². The molecule has 1 saturated carbocycles. The molecule has 1 N–H and O–H groups in total. The molecule has 5 nitrogen and oxygen atoms in total. The number of carbonyl (C=O) groups excluding carboxylic acids is 1. The Kier molecular flexibility index (Phi) is 4.08. The molecule has 2 aromatic rings. The van der Waals surface area contributed by atoms with Gasteiger partial charge in [0, 0.05) is 49.5 Å². The standard InChI is InChI=1S/C20H26N2O3/c1-3-25-18-13-17(23)20(18)8-10-22(11-9-20)19(24)16-12-14-6-4-5-7-15(14)21(16)2/h4-7,12,17-18,23H,3,8-11,13H2,1-2H3. The number of aromatic nitrogens is 1. The molecule has 2 heterocycles. The summed E-state index contributed by atoms with van der Waals surface area (Å²) in [6.45, 7) is 4.04. The van der Waals surface area contributed by atoms with Crippen LogP contribution in [0.15, 0.2) is 30.3 Å². The molecule has 1 aliphatic carbocycles. The summed E-state index contributed by atoms with van der Waals surface area (Å²) < 4.78 is 7.79. The van der Waals surface area contributed by atoms with Gasteiger partial charge in [-0.3, -0.25) is 4.79 Å². The third kappa shape index (κ3) is 2.49. The Labute approximate surface area is 148 Å². The Morgan fingerprint density at radius 2 is 2.04 bits per heavy atom. The first-order chi connectivity index (χ1) is 12.1. The molecule has 1 aromatic carbocycles. The first kappa shape index (κ1) is 16.6. The SMILES string of the molecule is CCOC1CC(O)C12CCN(C(=O)c1cc3ccccc3n1C)CC2. The smallest absolute Gasteiger partial charge is 0.270 e. The van der Waals surface area contributed by atoms with E-state index in [1.165, 1.54) is 0 Å². The first-order valence-electron chi connectivity index (χ1n) is 9.20. The summed E-state index contributed by atoms with van der Waals surface area (Å²) >= 11 is 0. The quantitative estimate of drug-likeness (QED) is 0.933. The van der Waals surface area contributed by atoms with Crippen molar-refractivity contribution < 1.29 is 14.6 Å². The van der Waals surface area contributed by atoms with Crippen LogP contribution in [0.2, 0.25) is 0 Å². The molecule has 2 unspecified atom stereocenters. The van der Waals surface area contributed by atoms with E-state index in [0.29, 0.717) is 19.7 Å². The van der Waals surface area contributed by atoms with Gasteiger partial charge < -0.3 is 19.3 Å². The molecule has 0 bridgehead atoms. The Morgan fingerprint density at radius 1 is 1.32 bits per heavy atom. The number of aryl methyl sites for hydroxylation is 1. The highest BCUT2D eigenvalue weighted by Crippen LogP contribution is 2.51. The monoisotopic (exact) mass is 342 g/mol. The molecule has 5 heteroatoms. The second-order valence-corrected chi connectivity index (χ2v) is 7.37. The lowest BCUT2D eigenvalue weighted by atomic mass is 9.58. The maximum absolute atomic E-state index is 13.0. The number of hydrogen-bond acceptors (Lipinski definition) is 3. The van der Waals surface area contributed by atoms with E-state index in [-0.39, 0.29) is 23.5 Å². The molecular formula is C20H26N2O3. The number of piperidine rings is 1. The number of aliphatic hydroxyl groups is 1. The summed E-state index contributed by atoms with van der Waals surface area (Å²) in [4.78, 5) is 14.9. The molecule has 1 amide bonds. The van der Waals surface area contributed by atoms with E-state index in [9.17, 15) is 9.90 Å². The number of para-hydroxylation sites is 1. The van der Waals surface area contributed by atoms with Crippen molar-refractivity contribution in [3.63, 3.8) is 0 Å². The van der Waals surface area contributed by atoms with E-state index in [2.05, 4.69) is 0 Å². The molecule has 1 spiro atoms. The number of likely N-dealkylation sites (tertiary alicyclic amines) is 1. The van der Waals surface area contributed by atoms with Crippen LogP contribution in [0.1, 0.15) is 36.7 Å². The predicted octanol–water partition coefficient (Wildman–Crippen LogP) is 2.57. The largest absolute Gasteiger partial charge is 0.392 e. The van der Waals surface area contributed by atoms with Crippen LogP contribution >= 0.6 is 0 Å². The third-order valence-corrected chi connectivity index (χ3v) is 6.26. The van der Waals surface area contributed by atoms with Gasteiger partial charge >= 0.3 is 0 Å². The van der Waals surface area contributed by atoms with E-state index < -0.39 is 0 Å². The van der Waals surface area contributed by atoms with Crippen molar-refractivity contribution in [2.75, 3.05) is 19.7 Å². The Morgan fingerprint density at radius 3 is 2.68 bits per heavy atom. The van der Waals surface area contributed by atoms with Gasteiger partial charge in [0.05, 0.1) is 12.2 Å². The average Bonchev–Trinajstić information content (AvgIpc) is 2.98. The highest BCUT2D eigenvalue weighted by molar-refractivity contribution is 5.98. The molecule has 1 aliphatic heterocycles. The fourth-order valence-electron chi connectivity index (χ4n) is 4.60. The Balaban J connectivity index is 1.50. The molecular weight excluding hydrogens is 316 g/mol. The van der Waals surface area contributed by atoms with Gasteiger partial charge in [0.1, 0.15) is 5.69 Å². The lowest BCUT2D eigenvalue weighted by Crippen LogP contribution is -2.62. The lowest BCUT2D eigenvalue weighted by molar-refractivity contribution is -0.207. The van der Waals surface area contributed by atoms with Crippen LogP contribution in [-0.2, 0) is 11.8 Å². The van der Waals surface area contributed by atoms with Crippen molar-refractivity contribution in [1.82, 2.24) is 9.47 Å². The molecule has 2 fully saturated rings. The summed E-state index contributed by atoms with van der Waals surface area (Å²) in [5.41, 5.74) is 1.66. The summed E-state index contributed by atoms with van der Waals surface area (Å²) in [5, 5.41) is 11.4. The van der Waals surface area contributed by atoms with Crippen LogP contribution in [-0.4, -0.2) is 52.4 Å². The van der Waals surface area contributed by atoms with Gasteiger partial charge in [-0.1, -0.05) is 18.2 Å². The number of benzene rings is 1. The number of hydrogen-bond donors (Lipinski definition) is 1. The summed E-state index contributed by atoms with van der Waals surface area (Å²) in [5.74, 6) is 0.0790. The Bertz CT molecular complexity index is 787. The fourth-order valence-corrected chi connectivity index (χ4v) is 4.60. The lowest BCUT2D eigenvalue weighted by Gasteiger charge is -2.56. The van der Waals surface area contributed by atoms with Crippen molar-refractivity contribution in [1.29, 1.82) is 0 Å². The van der Waals surface area contributed by atoms with Gasteiger partial charge in [-0.2, -0.15) is 0 Å². The Hall–Kier alpha value is -1.85. The van der Waals surface area contributed by atoms with Crippen LogP contribution in [0.3, 0.4) is 0 Å². The van der Waals surface area contributed by atoms with Crippen molar-refractivity contribution in [2.24, 2.45) is 12.5 Å². The zero-order chi connectivity index (χ0) is 17.6. The van der Waals surface area contributed by atoms with Crippen molar-refractivity contribution >= 4 is 16.8 Å². The predicted molar refractivity (Wildman–Crippen MR) is 96.5 cm³/mol. The second-order valence-electron chi connectivity index (χ2n) is 7.37. The van der Waals surface area contributed by atoms with Crippen molar-refractivity contribution in [3.8, 4) is 0 Å². The number of carbonyl (C=O) groups is 1.